The number of thiazole rings is 1. The van der Waals surface area contributed by atoms with Gasteiger partial charge in [0.05, 0.1) is 17.8 Å². The van der Waals surface area contributed by atoms with Crippen LogP contribution >= 0.6 is 11.3 Å². The molecule has 1 aromatic carbocycles. The first-order chi connectivity index (χ1) is 13.3. The average Bonchev–Trinajstić information content (AvgIpc) is 3.24. The Morgan fingerprint density at radius 1 is 1.46 bits per heavy atom. The highest BCUT2D eigenvalue weighted by Crippen LogP contribution is 2.37. The van der Waals surface area contributed by atoms with Gasteiger partial charge < -0.3 is 9.15 Å². The Morgan fingerprint density at radius 3 is 2.86 bits per heavy atom. The third-order valence-electron chi connectivity index (χ3n) is 4.20. The lowest BCUT2D eigenvalue weighted by molar-refractivity contribution is -0.380. The van der Waals surface area contributed by atoms with E-state index >= 15 is 0 Å². The first-order valence-corrected chi connectivity index (χ1v) is 9.37. The summed E-state index contributed by atoms with van der Waals surface area (Å²) in [6.07, 6.45) is 4.23. The van der Waals surface area contributed by atoms with Crippen LogP contribution in [0.4, 0.5) is 10.1 Å². The predicted octanol–water partition coefficient (Wildman–Crippen LogP) is 4.86. The summed E-state index contributed by atoms with van der Waals surface area (Å²) in [7, 11) is 0. The zero-order valence-electron chi connectivity index (χ0n) is 15.9. The van der Waals surface area contributed by atoms with E-state index in [0.29, 0.717) is 17.9 Å². The average molecular weight is 401 g/mol. The monoisotopic (exact) mass is 401 g/mol. The highest BCUT2D eigenvalue weighted by atomic mass is 32.1. The quantitative estimate of drug-likeness (QED) is 0.359. The van der Waals surface area contributed by atoms with Gasteiger partial charge in [0.2, 0.25) is 5.91 Å². The standard InChI is InChI=1S/C19H19N3O5S/c1-5-26-17-12(4)18-14(11(3)9-27-18)7-13(17)10(2)6-15(23)21-19-20-8-16(28-19)22(24)25/h6-9H,5H2,1-4H3,(H,20,21,23)/b10-6+. The number of carbonyl (C=O) groups is 1. The lowest BCUT2D eigenvalue weighted by atomic mass is 9.98. The van der Waals surface area contributed by atoms with E-state index in [1.54, 1.807) is 6.26 Å². The molecule has 0 saturated heterocycles. The van der Waals surface area contributed by atoms with E-state index in [-0.39, 0.29) is 10.1 Å². The minimum absolute atomic E-state index is 0.133. The Labute approximate surface area is 165 Å². The molecule has 0 saturated carbocycles. The third kappa shape index (κ3) is 3.74. The van der Waals surface area contributed by atoms with Gasteiger partial charge in [0, 0.05) is 22.6 Å². The van der Waals surface area contributed by atoms with E-state index in [9.17, 15) is 14.9 Å². The van der Waals surface area contributed by atoms with Gasteiger partial charge in [0.1, 0.15) is 17.5 Å². The first kappa shape index (κ1) is 19.6. The van der Waals surface area contributed by atoms with E-state index in [4.69, 9.17) is 9.15 Å². The number of hydrogen-bond acceptors (Lipinski definition) is 7. The van der Waals surface area contributed by atoms with Gasteiger partial charge in [-0.05, 0) is 56.2 Å². The normalized spacial score (nSPS) is 11.6. The Kier molecular flexibility index (Phi) is 5.46. The number of anilines is 1. The molecule has 0 spiro atoms. The zero-order valence-corrected chi connectivity index (χ0v) is 16.7. The molecule has 28 heavy (non-hydrogen) atoms. The molecule has 0 radical (unpaired) electrons. The highest BCUT2D eigenvalue weighted by Gasteiger charge is 2.18. The number of rotatable bonds is 6. The second-order valence-corrected chi connectivity index (χ2v) is 7.19. The summed E-state index contributed by atoms with van der Waals surface area (Å²) in [6.45, 7) is 8.05. The minimum atomic E-state index is -0.548. The number of furan rings is 1. The Bertz CT molecular complexity index is 1100. The van der Waals surface area contributed by atoms with Crippen molar-refractivity contribution in [1.29, 1.82) is 0 Å². The Morgan fingerprint density at radius 2 is 2.21 bits per heavy atom. The first-order valence-electron chi connectivity index (χ1n) is 8.55. The number of benzene rings is 1. The van der Waals surface area contributed by atoms with Gasteiger partial charge in [0.15, 0.2) is 5.13 Å². The maximum absolute atomic E-state index is 12.4. The van der Waals surface area contributed by atoms with E-state index in [1.807, 2.05) is 33.8 Å². The molecule has 2 heterocycles. The summed E-state index contributed by atoms with van der Waals surface area (Å²) in [4.78, 5) is 26.4. The summed E-state index contributed by atoms with van der Waals surface area (Å²) in [6, 6.07) is 1.94. The fourth-order valence-corrected chi connectivity index (χ4v) is 3.52. The number of amides is 1. The van der Waals surface area contributed by atoms with Crippen molar-refractivity contribution in [2.75, 3.05) is 11.9 Å². The van der Waals surface area contributed by atoms with Crippen LogP contribution in [0.5, 0.6) is 5.75 Å². The summed E-state index contributed by atoms with van der Waals surface area (Å²) < 4.78 is 11.5. The molecule has 0 fully saturated rings. The van der Waals surface area contributed by atoms with Crippen LogP contribution in [0.15, 0.2) is 29.0 Å². The van der Waals surface area contributed by atoms with E-state index in [0.717, 1.165) is 45.2 Å². The fourth-order valence-electron chi connectivity index (χ4n) is 2.89. The molecule has 0 atom stereocenters. The molecular weight excluding hydrogens is 382 g/mol. The van der Waals surface area contributed by atoms with Crippen molar-refractivity contribution in [2.24, 2.45) is 0 Å². The van der Waals surface area contributed by atoms with Crippen molar-refractivity contribution in [3.8, 4) is 5.75 Å². The molecule has 3 aromatic rings. The number of aryl methyl sites for hydroxylation is 2. The molecule has 0 unspecified atom stereocenters. The summed E-state index contributed by atoms with van der Waals surface area (Å²) in [5.41, 5.74) is 4.10. The number of aromatic nitrogens is 1. The van der Waals surface area contributed by atoms with Crippen LogP contribution in [0.2, 0.25) is 0 Å². The van der Waals surface area contributed by atoms with Crippen LogP contribution in [0.1, 0.15) is 30.5 Å². The zero-order chi connectivity index (χ0) is 20.4. The molecule has 8 nitrogen and oxygen atoms in total. The largest absolute Gasteiger partial charge is 0.493 e. The number of nitro groups is 1. The van der Waals surface area contributed by atoms with Gasteiger partial charge in [-0.15, -0.1) is 0 Å². The van der Waals surface area contributed by atoms with Crippen molar-refractivity contribution in [3.05, 3.63) is 51.4 Å². The van der Waals surface area contributed by atoms with Gasteiger partial charge in [-0.25, -0.2) is 4.98 Å². The maximum Gasteiger partial charge on any atom is 0.345 e. The van der Waals surface area contributed by atoms with E-state index in [2.05, 4.69) is 10.3 Å². The van der Waals surface area contributed by atoms with Gasteiger partial charge in [-0.3, -0.25) is 20.2 Å². The lowest BCUT2D eigenvalue weighted by Gasteiger charge is -2.14. The molecule has 1 N–H and O–H groups in total. The van der Waals surface area contributed by atoms with Crippen molar-refractivity contribution in [3.63, 3.8) is 0 Å². The summed E-state index contributed by atoms with van der Waals surface area (Å²) in [5.74, 6) is 0.238. The van der Waals surface area contributed by atoms with Crippen LogP contribution in [0.25, 0.3) is 16.5 Å². The number of ether oxygens (including phenoxy) is 1. The molecule has 0 aliphatic heterocycles. The van der Waals surface area contributed by atoms with Gasteiger partial charge in [-0.2, -0.15) is 0 Å². The van der Waals surface area contributed by atoms with Crippen LogP contribution in [-0.2, 0) is 4.79 Å². The van der Waals surface area contributed by atoms with Crippen molar-refractivity contribution < 1.29 is 18.9 Å². The highest BCUT2D eigenvalue weighted by molar-refractivity contribution is 7.18. The molecule has 0 bridgehead atoms. The lowest BCUT2D eigenvalue weighted by Crippen LogP contribution is -2.08. The molecule has 0 aliphatic carbocycles. The summed E-state index contributed by atoms with van der Waals surface area (Å²) in [5, 5.41) is 14.3. The van der Waals surface area contributed by atoms with Gasteiger partial charge >= 0.3 is 5.00 Å². The van der Waals surface area contributed by atoms with Crippen molar-refractivity contribution in [2.45, 2.75) is 27.7 Å². The van der Waals surface area contributed by atoms with Crippen LogP contribution < -0.4 is 10.1 Å². The number of fused-ring (bicyclic) bond motifs is 1. The second kappa shape index (κ2) is 7.81. The minimum Gasteiger partial charge on any atom is -0.493 e. The van der Waals surface area contributed by atoms with Gasteiger partial charge in [0.25, 0.3) is 0 Å². The van der Waals surface area contributed by atoms with E-state index < -0.39 is 10.8 Å². The topological polar surface area (TPSA) is 108 Å². The SMILES string of the molecule is CCOc1c(/C(C)=C/C(=O)Nc2ncc([N+](=O)[O-])s2)cc2c(C)coc2c1C. The Hall–Kier alpha value is -3.20. The molecule has 146 valence electrons. The van der Waals surface area contributed by atoms with Crippen molar-refractivity contribution >= 4 is 43.9 Å². The maximum atomic E-state index is 12.4. The number of carbonyl (C=O) groups excluding carboxylic acids is 1. The van der Waals surface area contributed by atoms with Crippen LogP contribution in [0, 0.1) is 24.0 Å². The number of nitrogens with zero attached hydrogens (tertiary/aromatic N) is 2. The molecular formula is C19H19N3O5S. The Balaban J connectivity index is 1.95. The molecule has 3 rings (SSSR count). The molecule has 9 heteroatoms. The second-order valence-electron chi connectivity index (χ2n) is 6.18. The van der Waals surface area contributed by atoms with Gasteiger partial charge in [-0.1, -0.05) is 0 Å². The summed E-state index contributed by atoms with van der Waals surface area (Å²) >= 11 is 0.802. The van der Waals surface area contributed by atoms with Crippen molar-refractivity contribution in [1.82, 2.24) is 4.98 Å². The molecule has 2 aromatic heterocycles. The van der Waals surface area contributed by atoms with Crippen LogP contribution in [-0.4, -0.2) is 22.4 Å². The smallest absolute Gasteiger partial charge is 0.345 e. The fraction of sp³-hybridized carbons (Fsp3) is 0.263. The third-order valence-corrected chi connectivity index (χ3v) is 5.07. The predicted molar refractivity (Wildman–Crippen MR) is 108 cm³/mol. The molecule has 1 amide bonds. The number of nitrogens with one attached hydrogen (secondary N) is 1. The number of hydrogen-bond donors (Lipinski definition) is 1. The molecule has 0 aliphatic rings. The van der Waals surface area contributed by atoms with Crippen LogP contribution in [0.3, 0.4) is 0 Å². The number of allylic oxidation sites excluding steroid dienone is 1. The van der Waals surface area contributed by atoms with E-state index in [1.165, 1.54) is 6.08 Å².